The molecule has 2 aromatic carbocycles. The van der Waals surface area contributed by atoms with E-state index in [9.17, 15) is 0 Å². The van der Waals surface area contributed by atoms with Gasteiger partial charge in [0.05, 0.1) is 21.9 Å². The molecular formula is C21H18ClN5O. The summed E-state index contributed by atoms with van der Waals surface area (Å²) in [4.78, 5) is 12.9. The molecule has 0 saturated heterocycles. The maximum Gasteiger partial charge on any atom is 0.141 e. The van der Waals surface area contributed by atoms with Crippen LogP contribution in [-0.2, 0) is 6.61 Å². The van der Waals surface area contributed by atoms with Gasteiger partial charge in [-0.25, -0.2) is 9.97 Å². The molecule has 0 bridgehead atoms. The third-order valence-corrected chi connectivity index (χ3v) is 4.62. The standard InChI is InChI=1S/C21H18ClN5O/c1-13-8-14(5-6-20(13)28-11-15-4-2-3-7-24-15)27-21-16-9-18(23)17(22)10-19(16)25-12-26-21/h2-10,12H,11,23H2,1H3,(H,25,26,27). The van der Waals surface area contributed by atoms with Gasteiger partial charge in [0, 0.05) is 17.3 Å². The molecule has 0 saturated carbocycles. The fraction of sp³-hybridized carbons (Fsp3) is 0.0952. The number of nitrogen functional groups attached to an aromatic ring is 1. The molecular weight excluding hydrogens is 374 g/mol. The maximum atomic E-state index is 6.09. The predicted octanol–water partition coefficient (Wildman–Crippen LogP) is 4.89. The van der Waals surface area contributed by atoms with Crippen LogP contribution in [0.5, 0.6) is 5.75 Å². The number of nitrogens with one attached hydrogen (secondary N) is 1. The number of hydrogen-bond donors (Lipinski definition) is 2. The van der Waals surface area contributed by atoms with Crippen LogP contribution in [0.15, 0.2) is 61.1 Å². The van der Waals surface area contributed by atoms with Gasteiger partial charge in [0.15, 0.2) is 0 Å². The second kappa shape index (κ2) is 7.70. The number of hydrogen-bond acceptors (Lipinski definition) is 6. The van der Waals surface area contributed by atoms with Crippen molar-refractivity contribution in [1.29, 1.82) is 0 Å². The van der Waals surface area contributed by atoms with Gasteiger partial charge >= 0.3 is 0 Å². The molecule has 6 nitrogen and oxygen atoms in total. The summed E-state index contributed by atoms with van der Waals surface area (Å²) >= 11 is 6.09. The van der Waals surface area contributed by atoms with E-state index >= 15 is 0 Å². The summed E-state index contributed by atoms with van der Waals surface area (Å²) in [6, 6.07) is 15.1. The maximum absolute atomic E-state index is 6.09. The molecule has 0 aliphatic heterocycles. The first-order valence-electron chi connectivity index (χ1n) is 8.70. The van der Waals surface area contributed by atoms with Crippen LogP contribution in [0.4, 0.5) is 17.2 Å². The van der Waals surface area contributed by atoms with E-state index in [1.807, 2.05) is 43.3 Å². The first-order valence-corrected chi connectivity index (χ1v) is 9.08. The number of fused-ring (bicyclic) bond motifs is 1. The average molecular weight is 392 g/mol. The zero-order valence-electron chi connectivity index (χ0n) is 15.2. The van der Waals surface area contributed by atoms with E-state index < -0.39 is 0 Å². The van der Waals surface area contributed by atoms with Gasteiger partial charge in [-0.15, -0.1) is 0 Å². The molecule has 4 aromatic rings. The van der Waals surface area contributed by atoms with E-state index in [1.54, 1.807) is 18.3 Å². The molecule has 3 N–H and O–H groups in total. The van der Waals surface area contributed by atoms with E-state index in [-0.39, 0.29) is 0 Å². The van der Waals surface area contributed by atoms with Crippen LogP contribution >= 0.6 is 11.6 Å². The molecule has 0 aliphatic carbocycles. The Morgan fingerprint density at radius 1 is 1.07 bits per heavy atom. The number of halogens is 1. The van der Waals surface area contributed by atoms with E-state index in [1.165, 1.54) is 6.33 Å². The number of pyridine rings is 1. The lowest BCUT2D eigenvalue weighted by Crippen LogP contribution is -2.00. The highest BCUT2D eigenvalue weighted by Gasteiger charge is 2.09. The molecule has 28 heavy (non-hydrogen) atoms. The first-order chi connectivity index (χ1) is 13.6. The molecule has 0 atom stereocenters. The third-order valence-electron chi connectivity index (χ3n) is 4.29. The zero-order chi connectivity index (χ0) is 19.5. The summed E-state index contributed by atoms with van der Waals surface area (Å²) in [5.74, 6) is 1.47. The highest BCUT2D eigenvalue weighted by molar-refractivity contribution is 6.34. The second-order valence-corrected chi connectivity index (χ2v) is 6.74. The molecule has 0 spiro atoms. The Bertz CT molecular complexity index is 1130. The Morgan fingerprint density at radius 3 is 2.75 bits per heavy atom. The molecule has 140 valence electrons. The van der Waals surface area contributed by atoms with Gasteiger partial charge in [0.25, 0.3) is 0 Å². The Balaban J connectivity index is 1.55. The number of nitrogens with two attached hydrogens (primary N) is 1. The van der Waals surface area contributed by atoms with Crippen LogP contribution in [0, 0.1) is 6.92 Å². The highest BCUT2D eigenvalue weighted by Crippen LogP contribution is 2.30. The first kappa shape index (κ1) is 18.0. The van der Waals surface area contributed by atoms with Crippen molar-refractivity contribution in [3.05, 3.63) is 77.3 Å². The van der Waals surface area contributed by atoms with E-state index in [0.29, 0.717) is 23.1 Å². The number of rotatable bonds is 5. The van der Waals surface area contributed by atoms with Crippen molar-refractivity contribution in [3.8, 4) is 5.75 Å². The lowest BCUT2D eigenvalue weighted by molar-refractivity contribution is 0.299. The quantitative estimate of drug-likeness (QED) is 0.471. The van der Waals surface area contributed by atoms with Crippen LogP contribution in [0.1, 0.15) is 11.3 Å². The van der Waals surface area contributed by atoms with E-state index in [4.69, 9.17) is 22.1 Å². The Hall–Kier alpha value is -3.38. The fourth-order valence-corrected chi connectivity index (χ4v) is 3.01. The number of benzene rings is 2. The van der Waals surface area contributed by atoms with Crippen molar-refractivity contribution in [3.63, 3.8) is 0 Å². The second-order valence-electron chi connectivity index (χ2n) is 6.33. The topological polar surface area (TPSA) is 86.0 Å². The van der Waals surface area contributed by atoms with Gasteiger partial charge in [0.2, 0.25) is 0 Å². The van der Waals surface area contributed by atoms with Gasteiger partial charge in [-0.1, -0.05) is 17.7 Å². The molecule has 0 fully saturated rings. The smallest absolute Gasteiger partial charge is 0.141 e. The lowest BCUT2D eigenvalue weighted by Gasteiger charge is -2.13. The molecule has 0 unspecified atom stereocenters. The predicted molar refractivity (Wildman–Crippen MR) is 112 cm³/mol. The lowest BCUT2D eigenvalue weighted by atomic mass is 10.1. The summed E-state index contributed by atoms with van der Waals surface area (Å²) in [6.45, 7) is 2.42. The summed E-state index contributed by atoms with van der Waals surface area (Å²) in [5.41, 5.74) is 9.92. The summed E-state index contributed by atoms with van der Waals surface area (Å²) in [7, 11) is 0. The van der Waals surface area contributed by atoms with Crippen molar-refractivity contribution in [2.75, 3.05) is 11.1 Å². The van der Waals surface area contributed by atoms with E-state index in [2.05, 4.69) is 20.3 Å². The van der Waals surface area contributed by atoms with Crippen LogP contribution < -0.4 is 15.8 Å². The summed E-state index contributed by atoms with van der Waals surface area (Å²) in [6.07, 6.45) is 3.25. The summed E-state index contributed by atoms with van der Waals surface area (Å²) < 4.78 is 5.88. The highest BCUT2D eigenvalue weighted by atomic mass is 35.5. The number of anilines is 3. The number of aromatic nitrogens is 3. The SMILES string of the molecule is Cc1cc(Nc2ncnc3cc(Cl)c(N)cc23)ccc1OCc1ccccn1. The summed E-state index contributed by atoms with van der Waals surface area (Å²) in [5, 5.41) is 4.60. The van der Waals surface area contributed by atoms with Crippen molar-refractivity contribution in [2.45, 2.75) is 13.5 Å². The average Bonchev–Trinajstić information content (AvgIpc) is 2.70. The van der Waals surface area contributed by atoms with Crippen molar-refractivity contribution in [2.24, 2.45) is 0 Å². The van der Waals surface area contributed by atoms with Crippen LogP contribution in [0.25, 0.3) is 10.9 Å². The molecule has 7 heteroatoms. The number of aryl methyl sites for hydroxylation is 1. The van der Waals surface area contributed by atoms with Crippen LogP contribution in [0.3, 0.4) is 0 Å². The monoisotopic (exact) mass is 391 g/mol. The van der Waals surface area contributed by atoms with Crippen LogP contribution in [0.2, 0.25) is 5.02 Å². The normalized spacial score (nSPS) is 10.8. The van der Waals surface area contributed by atoms with Gasteiger partial charge in [-0.05, 0) is 55.0 Å². The van der Waals surface area contributed by atoms with E-state index in [0.717, 1.165) is 33.6 Å². The molecule has 2 heterocycles. The molecule has 4 rings (SSSR count). The molecule has 0 radical (unpaired) electrons. The minimum atomic E-state index is 0.422. The van der Waals surface area contributed by atoms with Gasteiger partial charge in [0.1, 0.15) is 24.5 Å². The molecule has 2 aromatic heterocycles. The minimum absolute atomic E-state index is 0.422. The Kier molecular flexibility index (Phi) is 4.95. The third kappa shape index (κ3) is 3.82. The minimum Gasteiger partial charge on any atom is -0.487 e. The zero-order valence-corrected chi connectivity index (χ0v) is 15.9. The Labute approximate surface area is 167 Å². The van der Waals surface area contributed by atoms with Crippen LogP contribution in [-0.4, -0.2) is 15.0 Å². The number of ether oxygens (including phenoxy) is 1. The van der Waals surface area contributed by atoms with Crippen molar-refractivity contribution >= 4 is 39.7 Å². The Morgan fingerprint density at radius 2 is 1.96 bits per heavy atom. The molecule has 0 aliphatic rings. The van der Waals surface area contributed by atoms with Gasteiger partial charge in [-0.3, -0.25) is 4.98 Å². The number of nitrogens with zero attached hydrogens (tertiary/aromatic N) is 3. The largest absolute Gasteiger partial charge is 0.487 e. The molecule has 0 amide bonds. The van der Waals surface area contributed by atoms with Gasteiger partial charge in [-0.2, -0.15) is 0 Å². The van der Waals surface area contributed by atoms with Gasteiger partial charge < -0.3 is 15.8 Å². The fourth-order valence-electron chi connectivity index (χ4n) is 2.85. The van der Waals surface area contributed by atoms with Crippen molar-refractivity contribution < 1.29 is 4.74 Å². The van der Waals surface area contributed by atoms with Crippen molar-refractivity contribution in [1.82, 2.24) is 15.0 Å².